The van der Waals surface area contributed by atoms with Gasteiger partial charge in [0, 0.05) is 16.7 Å². The summed E-state index contributed by atoms with van der Waals surface area (Å²) in [6.07, 6.45) is 0. The molecule has 5 heteroatoms. The Morgan fingerprint density at radius 2 is 1.34 bits per heavy atom. The lowest BCUT2D eigenvalue weighted by atomic mass is 9.93. The van der Waals surface area contributed by atoms with E-state index in [1.54, 1.807) is 0 Å². The van der Waals surface area contributed by atoms with Crippen LogP contribution in [0.25, 0.3) is 0 Å². The maximum absolute atomic E-state index is 6.53. The van der Waals surface area contributed by atoms with Crippen LogP contribution in [-0.2, 0) is 15.2 Å². The molecule has 1 atom stereocenters. The van der Waals surface area contributed by atoms with Crippen molar-refractivity contribution < 1.29 is 9.46 Å². The van der Waals surface area contributed by atoms with E-state index in [2.05, 4.69) is 78.9 Å². The minimum Gasteiger partial charge on any atom is -0.283 e. The van der Waals surface area contributed by atoms with Crippen molar-refractivity contribution in [1.82, 2.24) is 0 Å². The summed E-state index contributed by atoms with van der Waals surface area (Å²) in [5.41, 5.74) is 5.92. The Hall–Kier alpha value is -2.86. The second kappa shape index (κ2) is 9.30. The van der Waals surface area contributed by atoms with Crippen LogP contribution in [0.15, 0.2) is 82.8 Å². The van der Waals surface area contributed by atoms with Gasteiger partial charge in [-0.1, -0.05) is 99.1 Å². The van der Waals surface area contributed by atoms with Crippen molar-refractivity contribution in [3.05, 3.63) is 106 Å². The minimum absolute atomic E-state index is 0.0236. The highest BCUT2D eigenvalue weighted by atomic mass is 28.4. The molecule has 0 saturated heterocycles. The minimum atomic E-state index is -2.26. The van der Waals surface area contributed by atoms with Gasteiger partial charge in [0.1, 0.15) is 5.71 Å². The lowest BCUT2D eigenvalue weighted by Gasteiger charge is -2.38. The van der Waals surface area contributed by atoms with E-state index in [0.29, 0.717) is 5.84 Å². The van der Waals surface area contributed by atoms with Gasteiger partial charge in [-0.3, -0.25) is 4.58 Å². The second-order valence-corrected chi connectivity index (χ2v) is 15.7. The fourth-order valence-corrected chi connectivity index (χ4v) is 4.75. The molecule has 3 aromatic carbocycles. The van der Waals surface area contributed by atoms with Crippen LogP contribution in [-0.4, -0.2) is 19.9 Å². The standard InChI is InChI=1S/C30H36N2O2Si/c1-21-19-22(2)26(23(3)20-21)28-31-27(24-15-11-9-12-16-24)30(32-28,25-17-13-10-14-18-25)33-34-35(7,8)29(4,5)6/h9-20H,1-8H3. The van der Waals surface area contributed by atoms with Crippen LogP contribution >= 0.6 is 0 Å². The zero-order valence-electron chi connectivity index (χ0n) is 22.1. The van der Waals surface area contributed by atoms with Gasteiger partial charge in [0.05, 0.1) is 0 Å². The molecule has 0 radical (unpaired) electrons. The molecule has 1 aliphatic heterocycles. The molecule has 0 amide bonds. The van der Waals surface area contributed by atoms with Crippen molar-refractivity contribution in [2.45, 2.75) is 65.4 Å². The average Bonchev–Trinajstić information content (AvgIpc) is 3.18. The van der Waals surface area contributed by atoms with E-state index < -0.39 is 14.0 Å². The fourth-order valence-electron chi connectivity index (χ4n) is 4.17. The molecular weight excluding hydrogens is 448 g/mol. The molecule has 0 bridgehead atoms. The van der Waals surface area contributed by atoms with Gasteiger partial charge in [-0.05, 0) is 50.0 Å². The van der Waals surface area contributed by atoms with Gasteiger partial charge in [0.2, 0.25) is 8.32 Å². The predicted octanol–water partition coefficient (Wildman–Crippen LogP) is 7.67. The second-order valence-electron chi connectivity index (χ2n) is 11.0. The first-order chi connectivity index (χ1) is 16.4. The third-order valence-corrected chi connectivity index (χ3v) is 11.2. The number of aliphatic imine (C=N–C) groups is 2. The quantitative estimate of drug-likeness (QED) is 0.205. The van der Waals surface area contributed by atoms with Crippen LogP contribution in [0.5, 0.6) is 0 Å². The Kier molecular flexibility index (Phi) is 6.71. The fraction of sp³-hybridized carbons (Fsp3) is 0.333. The predicted molar refractivity (Wildman–Crippen MR) is 148 cm³/mol. The molecular formula is C30H36N2O2Si. The SMILES string of the molecule is Cc1cc(C)c(C2=NC(OO[Si](C)(C)C(C)(C)C)(c3ccccc3)C(c3ccccc3)=N2)c(C)c1. The van der Waals surface area contributed by atoms with Crippen LogP contribution < -0.4 is 0 Å². The molecule has 0 saturated carbocycles. The van der Waals surface area contributed by atoms with Crippen molar-refractivity contribution in [2.24, 2.45) is 9.98 Å². The average molecular weight is 485 g/mol. The third kappa shape index (κ3) is 4.81. The number of hydrogen-bond donors (Lipinski definition) is 0. The number of nitrogens with zero attached hydrogens (tertiary/aromatic N) is 2. The molecule has 0 N–H and O–H groups in total. The van der Waals surface area contributed by atoms with Gasteiger partial charge >= 0.3 is 0 Å². The van der Waals surface area contributed by atoms with Gasteiger partial charge in [-0.2, -0.15) is 0 Å². The summed E-state index contributed by atoms with van der Waals surface area (Å²) >= 11 is 0. The molecule has 0 fully saturated rings. The molecule has 0 spiro atoms. The summed E-state index contributed by atoms with van der Waals surface area (Å²) in [6.45, 7) is 17.3. The van der Waals surface area contributed by atoms with Crippen molar-refractivity contribution in [1.29, 1.82) is 0 Å². The van der Waals surface area contributed by atoms with E-state index in [0.717, 1.165) is 33.5 Å². The molecule has 4 rings (SSSR count). The van der Waals surface area contributed by atoms with E-state index in [9.17, 15) is 0 Å². The normalized spacial score (nSPS) is 18.4. The van der Waals surface area contributed by atoms with Gasteiger partial charge in [-0.25, -0.2) is 14.9 Å². The number of hydrogen-bond acceptors (Lipinski definition) is 4. The molecule has 0 aromatic heterocycles. The largest absolute Gasteiger partial charge is 0.283 e. The van der Waals surface area contributed by atoms with Gasteiger partial charge in [-0.15, -0.1) is 0 Å². The van der Waals surface area contributed by atoms with Gasteiger partial charge < -0.3 is 0 Å². The first kappa shape index (κ1) is 25.2. The summed E-state index contributed by atoms with van der Waals surface area (Å²) in [7, 11) is -2.26. The van der Waals surface area contributed by atoms with Crippen LogP contribution in [0.1, 0.15) is 54.2 Å². The van der Waals surface area contributed by atoms with E-state index in [4.69, 9.17) is 19.4 Å². The lowest BCUT2D eigenvalue weighted by molar-refractivity contribution is -0.282. The summed E-state index contributed by atoms with van der Waals surface area (Å²) in [5.74, 6) is 0.668. The van der Waals surface area contributed by atoms with E-state index >= 15 is 0 Å². The highest BCUT2D eigenvalue weighted by Crippen LogP contribution is 2.42. The zero-order chi connectivity index (χ0) is 25.4. The Balaban J connectivity index is 1.96. The maximum atomic E-state index is 6.53. The molecule has 35 heavy (non-hydrogen) atoms. The van der Waals surface area contributed by atoms with Crippen LogP contribution in [0.3, 0.4) is 0 Å². The van der Waals surface area contributed by atoms with Crippen molar-refractivity contribution in [3.8, 4) is 0 Å². The smallest absolute Gasteiger partial charge is 0.261 e. The molecule has 4 nitrogen and oxygen atoms in total. The van der Waals surface area contributed by atoms with Crippen LogP contribution in [0.4, 0.5) is 0 Å². The molecule has 1 unspecified atom stereocenters. The van der Waals surface area contributed by atoms with Gasteiger partial charge in [0.15, 0.2) is 5.84 Å². The topological polar surface area (TPSA) is 43.2 Å². The number of aryl methyl sites for hydroxylation is 3. The molecule has 1 aliphatic rings. The number of amidine groups is 1. The third-order valence-electron chi connectivity index (χ3n) is 7.09. The molecule has 182 valence electrons. The summed E-state index contributed by atoms with van der Waals surface area (Å²) in [5, 5.41) is -0.0236. The Morgan fingerprint density at radius 3 is 1.89 bits per heavy atom. The lowest BCUT2D eigenvalue weighted by Crippen LogP contribution is -2.45. The Morgan fingerprint density at radius 1 is 0.800 bits per heavy atom. The van der Waals surface area contributed by atoms with Crippen molar-refractivity contribution in [2.75, 3.05) is 0 Å². The van der Waals surface area contributed by atoms with Crippen molar-refractivity contribution >= 4 is 19.9 Å². The summed E-state index contributed by atoms with van der Waals surface area (Å²) in [4.78, 5) is 16.9. The van der Waals surface area contributed by atoms with Crippen LogP contribution in [0, 0.1) is 20.8 Å². The van der Waals surface area contributed by atoms with Crippen molar-refractivity contribution in [3.63, 3.8) is 0 Å². The monoisotopic (exact) mass is 484 g/mol. The van der Waals surface area contributed by atoms with Crippen LogP contribution in [0.2, 0.25) is 18.1 Å². The Labute approximate surface area is 210 Å². The maximum Gasteiger partial charge on any atom is 0.261 e. The molecule has 3 aromatic rings. The van der Waals surface area contributed by atoms with E-state index in [-0.39, 0.29) is 5.04 Å². The highest BCUT2D eigenvalue weighted by Gasteiger charge is 2.49. The summed E-state index contributed by atoms with van der Waals surface area (Å²) in [6, 6.07) is 24.6. The van der Waals surface area contributed by atoms with E-state index in [1.165, 1.54) is 5.56 Å². The molecule has 1 heterocycles. The number of rotatable bonds is 6. The molecule has 0 aliphatic carbocycles. The van der Waals surface area contributed by atoms with E-state index in [1.807, 2.05) is 48.5 Å². The first-order valence-electron chi connectivity index (χ1n) is 12.2. The van der Waals surface area contributed by atoms with Gasteiger partial charge in [0.25, 0.3) is 5.72 Å². The first-order valence-corrected chi connectivity index (χ1v) is 15.1. The Bertz CT molecular complexity index is 1250. The number of benzene rings is 3. The zero-order valence-corrected chi connectivity index (χ0v) is 23.1. The highest BCUT2D eigenvalue weighted by molar-refractivity contribution is 6.73. The summed E-state index contributed by atoms with van der Waals surface area (Å²) < 4.78 is 6.40.